The number of anilines is 1. The van der Waals surface area contributed by atoms with Crippen molar-refractivity contribution < 1.29 is 9.18 Å². The topological polar surface area (TPSA) is 57.8 Å². The van der Waals surface area contributed by atoms with Crippen molar-refractivity contribution in [1.82, 2.24) is 10.2 Å². The standard InChI is InChI=1S/C16H13BrFN3O/c17-13(7-10-3-1-2-4-14(10)18)16(22)20-12-6-5-11-9-19-21-15(11)8-12/h1-6,8-9,13H,7H2,(H,19,21)(H,20,22). The molecule has 2 N–H and O–H groups in total. The Labute approximate surface area is 134 Å². The second-order valence-electron chi connectivity index (χ2n) is 4.92. The van der Waals surface area contributed by atoms with Gasteiger partial charge in [-0.05, 0) is 36.2 Å². The van der Waals surface area contributed by atoms with Crippen LogP contribution < -0.4 is 5.32 Å². The lowest BCUT2D eigenvalue weighted by atomic mass is 10.1. The van der Waals surface area contributed by atoms with Crippen LogP contribution in [-0.4, -0.2) is 20.9 Å². The molecule has 2 aromatic carbocycles. The molecule has 0 radical (unpaired) electrons. The van der Waals surface area contributed by atoms with Gasteiger partial charge in [0, 0.05) is 11.1 Å². The second-order valence-corrected chi connectivity index (χ2v) is 6.03. The van der Waals surface area contributed by atoms with Gasteiger partial charge in [-0.1, -0.05) is 34.1 Å². The zero-order chi connectivity index (χ0) is 15.5. The number of aromatic nitrogens is 2. The summed E-state index contributed by atoms with van der Waals surface area (Å²) >= 11 is 3.32. The number of fused-ring (bicyclic) bond motifs is 1. The van der Waals surface area contributed by atoms with Gasteiger partial charge in [0.1, 0.15) is 5.82 Å². The molecule has 0 aliphatic heterocycles. The third-order valence-corrected chi connectivity index (χ3v) is 4.09. The summed E-state index contributed by atoms with van der Waals surface area (Å²) < 4.78 is 13.6. The Morgan fingerprint density at radius 1 is 1.32 bits per heavy atom. The third-order valence-electron chi connectivity index (χ3n) is 3.35. The molecule has 112 valence electrons. The van der Waals surface area contributed by atoms with Gasteiger partial charge in [0.05, 0.1) is 16.5 Å². The van der Waals surface area contributed by atoms with Crippen LogP contribution in [0.1, 0.15) is 5.56 Å². The molecule has 1 heterocycles. The highest BCUT2D eigenvalue weighted by Gasteiger charge is 2.17. The molecule has 3 aromatic rings. The normalized spacial score (nSPS) is 12.3. The van der Waals surface area contributed by atoms with Crippen molar-refractivity contribution in [2.75, 3.05) is 5.32 Å². The lowest BCUT2D eigenvalue weighted by Gasteiger charge is -2.11. The van der Waals surface area contributed by atoms with E-state index >= 15 is 0 Å². The number of halogens is 2. The van der Waals surface area contributed by atoms with E-state index in [-0.39, 0.29) is 18.1 Å². The van der Waals surface area contributed by atoms with E-state index in [0.717, 1.165) is 10.9 Å². The summed E-state index contributed by atoms with van der Waals surface area (Å²) in [5, 5.41) is 10.6. The van der Waals surface area contributed by atoms with E-state index in [9.17, 15) is 9.18 Å². The Hall–Kier alpha value is -2.21. The van der Waals surface area contributed by atoms with E-state index in [1.54, 1.807) is 30.5 Å². The zero-order valence-electron chi connectivity index (χ0n) is 11.5. The van der Waals surface area contributed by atoms with Crippen molar-refractivity contribution in [2.45, 2.75) is 11.2 Å². The number of carbonyl (C=O) groups excluding carboxylic acids is 1. The molecule has 0 spiro atoms. The number of hydrogen-bond donors (Lipinski definition) is 2. The van der Waals surface area contributed by atoms with Gasteiger partial charge in [-0.3, -0.25) is 9.89 Å². The molecule has 1 amide bonds. The van der Waals surface area contributed by atoms with E-state index in [1.165, 1.54) is 6.07 Å². The van der Waals surface area contributed by atoms with Crippen LogP contribution >= 0.6 is 15.9 Å². The van der Waals surface area contributed by atoms with Gasteiger partial charge in [-0.15, -0.1) is 0 Å². The summed E-state index contributed by atoms with van der Waals surface area (Å²) in [7, 11) is 0. The van der Waals surface area contributed by atoms with Crippen LogP contribution in [0.5, 0.6) is 0 Å². The maximum atomic E-state index is 13.6. The number of alkyl halides is 1. The molecule has 1 aromatic heterocycles. The number of nitrogens with one attached hydrogen (secondary N) is 2. The number of amides is 1. The van der Waals surface area contributed by atoms with Gasteiger partial charge < -0.3 is 5.32 Å². The van der Waals surface area contributed by atoms with Gasteiger partial charge in [0.15, 0.2) is 0 Å². The molecule has 0 bridgehead atoms. The first-order chi connectivity index (χ1) is 10.6. The highest BCUT2D eigenvalue weighted by molar-refractivity contribution is 9.10. The minimum atomic E-state index is -0.512. The molecule has 6 heteroatoms. The van der Waals surface area contributed by atoms with Gasteiger partial charge in [-0.2, -0.15) is 5.10 Å². The molecule has 0 aliphatic rings. The van der Waals surface area contributed by atoms with Crippen molar-refractivity contribution in [3.8, 4) is 0 Å². The van der Waals surface area contributed by atoms with E-state index < -0.39 is 4.83 Å². The van der Waals surface area contributed by atoms with Gasteiger partial charge in [-0.25, -0.2) is 4.39 Å². The Balaban J connectivity index is 1.69. The maximum Gasteiger partial charge on any atom is 0.238 e. The van der Waals surface area contributed by atoms with Gasteiger partial charge >= 0.3 is 0 Å². The van der Waals surface area contributed by atoms with Gasteiger partial charge in [0.2, 0.25) is 5.91 Å². The monoisotopic (exact) mass is 361 g/mol. The number of rotatable bonds is 4. The summed E-state index contributed by atoms with van der Waals surface area (Å²) in [6, 6.07) is 11.9. The van der Waals surface area contributed by atoms with Crippen LogP contribution in [0, 0.1) is 5.82 Å². The fraction of sp³-hybridized carbons (Fsp3) is 0.125. The van der Waals surface area contributed by atoms with Crippen molar-refractivity contribution in [3.63, 3.8) is 0 Å². The number of nitrogens with zero attached hydrogens (tertiary/aromatic N) is 1. The Kier molecular flexibility index (Phi) is 4.20. The molecule has 22 heavy (non-hydrogen) atoms. The fourth-order valence-corrected chi connectivity index (χ4v) is 2.65. The van der Waals surface area contributed by atoms with Crippen LogP contribution in [0.15, 0.2) is 48.7 Å². The summed E-state index contributed by atoms with van der Waals surface area (Å²) in [4.78, 5) is 11.7. The Morgan fingerprint density at radius 2 is 2.14 bits per heavy atom. The minimum absolute atomic E-state index is 0.220. The quantitative estimate of drug-likeness (QED) is 0.696. The maximum absolute atomic E-state index is 13.6. The molecular formula is C16H13BrFN3O. The molecule has 0 saturated heterocycles. The van der Waals surface area contributed by atoms with E-state index in [4.69, 9.17) is 0 Å². The lowest BCUT2D eigenvalue weighted by molar-refractivity contribution is -0.115. The van der Waals surface area contributed by atoms with Crippen molar-refractivity contribution in [1.29, 1.82) is 0 Å². The summed E-state index contributed by atoms with van der Waals surface area (Å²) in [6.07, 6.45) is 2.00. The van der Waals surface area contributed by atoms with E-state index in [1.807, 2.05) is 12.1 Å². The first-order valence-corrected chi connectivity index (χ1v) is 7.66. The highest BCUT2D eigenvalue weighted by atomic mass is 79.9. The van der Waals surface area contributed by atoms with Crippen LogP contribution in [0.4, 0.5) is 10.1 Å². The van der Waals surface area contributed by atoms with E-state index in [0.29, 0.717) is 11.3 Å². The zero-order valence-corrected chi connectivity index (χ0v) is 13.1. The van der Waals surface area contributed by atoms with Crippen LogP contribution in [-0.2, 0) is 11.2 Å². The first kappa shape index (κ1) is 14.7. The number of carbonyl (C=O) groups is 1. The predicted molar refractivity (Wildman–Crippen MR) is 87.5 cm³/mol. The van der Waals surface area contributed by atoms with Crippen molar-refractivity contribution in [3.05, 3.63) is 60.0 Å². The molecule has 3 rings (SSSR count). The average molecular weight is 362 g/mol. The first-order valence-electron chi connectivity index (χ1n) is 6.75. The molecule has 1 atom stereocenters. The molecule has 0 fully saturated rings. The summed E-state index contributed by atoms with van der Waals surface area (Å²) in [5.41, 5.74) is 2.02. The fourth-order valence-electron chi connectivity index (χ4n) is 2.19. The number of benzene rings is 2. The van der Waals surface area contributed by atoms with Crippen molar-refractivity contribution >= 4 is 38.4 Å². The van der Waals surface area contributed by atoms with Gasteiger partial charge in [0.25, 0.3) is 0 Å². The SMILES string of the molecule is O=C(Nc1ccc2cn[nH]c2c1)C(Br)Cc1ccccc1F. The minimum Gasteiger partial charge on any atom is -0.325 e. The van der Waals surface area contributed by atoms with Crippen LogP contribution in [0.3, 0.4) is 0 Å². The van der Waals surface area contributed by atoms with Crippen LogP contribution in [0.2, 0.25) is 0 Å². The second kappa shape index (κ2) is 6.27. The molecule has 1 unspecified atom stereocenters. The van der Waals surface area contributed by atoms with E-state index in [2.05, 4.69) is 31.4 Å². The van der Waals surface area contributed by atoms with Crippen molar-refractivity contribution in [2.24, 2.45) is 0 Å². The molecule has 4 nitrogen and oxygen atoms in total. The largest absolute Gasteiger partial charge is 0.325 e. The smallest absolute Gasteiger partial charge is 0.238 e. The Bertz CT molecular complexity index is 818. The summed E-state index contributed by atoms with van der Waals surface area (Å²) in [6.45, 7) is 0. The average Bonchev–Trinajstić information content (AvgIpc) is 2.97. The Morgan fingerprint density at radius 3 is 2.95 bits per heavy atom. The molecule has 0 saturated carbocycles. The third kappa shape index (κ3) is 3.17. The molecule has 0 aliphatic carbocycles. The predicted octanol–water partition coefficient (Wildman–Crippen LogP) is 3.65. The number of hydrogen-bond acceptors (Lipinski definition) is 2. The lowest BCUT2D eigenvalue weighted by Crippen LogP contribution is -2.25. The number of aromatic amines is 1. The number of H-pyrrole nitrogens is 1. The summed E-state index contributed by atoms with van der Waals surface area (Å²) in [5.74, 6) is -0.527. The molecular weight excluding hydrogens is 349 g/mol. The highest BCUT2D eigenvalue weighted by Crippen LogP contribution is 2.19. The van der Waals surface area contributed by atoms with Crippen LogP contribution in [0.25, 0.3) is 10.9 Å².